The van der Waals surface area contributed by atoms with Gasteiger partial charge in [-0.25, -0.2) is 0 Å². The fourth-order valence-corrected chi connectivity index (χ4v) is 3.80. The summed E-state index contributed by atoms with van der Waals surface area (Å²) < 4.78 is 15.9. The summed E-state index contributed by atoms with van der Waals surface area (Å²) in [5, 5.41) is 3.88. The summed E-state index contributed by atoms with van der Waals surface area (Å²) in [6, 6.07) is 1.87. The van der Waals surface area contributed by atoms with Crippen LogP contribution in [0.2, 0.25) is 0 Å². The maximum absolute atomic E-state index is 12.8. The number of likely N-dealkylation sites (tertiary alicyclic amines) is 2. The summed E-state index contributed by atoms with van der Waals surface area (Å²) in [5.41, 5.74) is 0.396. The summed E-state index contributed by atoms with van der Waals surface area (Å²) in [5.74, 6) is 0.951. The topological polar surface area (TPSA) is 68.0 Å². The van der Waals surface area contributed by atoms with Gasteiger partial charge < -0.3 is 18.9 Å². The molecule has 7 nitrogen and oxygen atoms in total. The van der Waals surface area contributed by atoms with Crippen molar-refractivity contribution in [2.75, 3.05) is 47.0 Å². The van der Waals surface area contributed by atoms with Crippen molar-refractivity contribution >= 4 is 5.91 Å². The second-order valence-corrected chi connectivity index (χ2v) is 6.37. The average molecular weight is 323 g/mol. The summed E-state index contributed by atoms with van der Waals surface area (Å²) in [6.07, 6.45) is 1.06. The van der Waals surface area contributed by atoms with Gasteiger partial charge in [0.2, 0.25) is 0 Å². The Labute approximate surface area is 136 Å². The lowest BCUT2D eigenvalue weighted by Crippen LogP contribution is -2.53. The van der Waals surface area contributed by atoms with E-state index in [1.54, 1.807) is 27.2 Å². The third-order valence-corrected chi connectivity index (χ3v) is 4.96. The number of aromatic nitrogens is 1. The van der Waals surface area contributed by atoms with E-state index in [4.69, 9.17) is 14.0 Å². The van der Waals surface area contributed by atoms with E-state index in [-0.39, 0.29) is 18.1 Å². The number of piperidine rings is 1. The van der Waals surface area contributed by atoms with E-state index in [9.17, 15) is 4.79 Å². The summed E-state index contributed by atoms with van der Waals surface area (Å²) in [4.78, 5) is 17.1. The molecule has 3 heterocycles. The highest BCUT2D eigenvalue weighted by atomic mass is 16.5. The Morgan fingerprint density at radius 3 is 2.91 bits per heavy atom. The molecule has 7 heteroatoms. The van der Waals surface area contributed by atoms with Gasteiger partial charge in [-0.1, -0.05) is 5.16 Å². The van der Waals surface area contributed by atoms with Crippen LogP contribution in [0.4, 0.5) is 0 Å². The number of ether oxygens (including phenoxy) is 2. The SMILES string of the molecule is COCCN1C[C@H]2[C@@H](C1)N(C(=O)c1cc(C)on1)CC[C@H]2OC. The highest BCUT2D eigenvalue weighted by Crippen LogP contribution is 2.33. The molecule has 0 spiro atoms. The van der Waals surface area contributed by atoms with Crippen molar-refractivity contribution in [1.82, 2.24) is 15.0 Å². The Bertz CT molecular complexity index is 547. The maximum Gasteiger partial charge on any atom is 0.276 e. The molecule has 0 unspecified atom stereocenters. The molecule has 128 valence electrons. The quantitative estimate of drug-likeness (QED) is 0.798. The number of hydrogen-bond donors (Lipinski definition) is 0. The van der Waals surface area contributed by atoms with E-state index in [2.05, 4.69) is 10.1 Å². The van der Waals surface area contributed by atoms with Crippen LogP contribution in [0.5, 0.6) is 0 Å². The molecular weight excluding hydrogens is 298 g/mol. The highest BCUT2D eigenvalue weighted by Gasteiger charge is 2.46. The standard InChI is InChI=1S/C16H25N3O4/c1-11-8-13(17-23-11)16(20)19-5-4-15(22-3)12-9-18(6-7-21-2)10-14(12)19/h8,12,14-15H,4-7,9-10H2,1-3H3/t12-,14+,15+/m0/s1. The fourth-order valence-electron chi connectivity index (χ4n) is 3.80. The zero-order chi connectivity index (χ0) is 16.4. The van der Waals surface area contributed by atoms with Crippen molar-refractivity contribution in [3.05, 3.63) is 17.5 Å². The van der Waals surface area contributed by atoms with Crippen LogP contribution in [0, 0.1) is 12.8 Å². The summed E-state index contributed by atoms with van der Waals surface area (Å²) in [6.45, 7) is 5.87. The minimum absolute atomic E-state index is 0.0417. The minimum atomic E-state index is -0.0417. The lowest BCUT2D eigenvalue weighted by molar-refractivity contribution is -0.0160. The van der Waals surface area contributed by atoms with Gasteiger partial charge in [0.15, 0.2) is 5.69 Å². The van der Waals surface area contributed by atoms with Gasteiger partial charge in [-0.15, -0.1) is 0 Å². The smallest absolute Gasteiger partial charge is 0.276 e. The molecule has 2 aliphatic rings. The number of amides is 1. The Balaban J connectivity index is 1.75. The largest absolute Gasteiger partial charge is 0.383 e. The third-order valence-electron chi connectivity index (χ3n) is 4.96. The van der Waals surface area contributed by atoms with E-state index >= 15 is 0 Å². The molecule has 0 aromatic carbocycles. The van der Waals surface area contributed by atoms with Crippen molar-refractivity contribution < 1.29 is 18.8 Å². The van der Waals surface area contributed by atoms with Crippen LogP contribution >= 0.6 is 0 Å². The van der Waals surface area contributed by atoms with E-state index in [0.717, 1.165) is 26.1 Å². The predicted octanol–water partition coefficient (Wildman–Crippen LogP) is 0.791. The average Bonchev–Trinajstić information content (AvgIpc) is 3.17. The van der Waals surface area contributed by atoms with Gasteiger partial charge in [0, 0.05) is 52.4 Å². The van der Waals surface area contributed by atoms with Crippen molar-refractivity contribution in [3.8, 4) is 0 Å². The lowest BCUT2D eigenvalue weighted by atomic mass is 9.89. The Morgan fingerprint density at radius 1 is 1.43 bits per heavy atom. The maximum atomic E-state index is 12.8. The molecule has 0 saturated carbocycles. The van der Waals surface area contributed by atoms with Gasteiger partial charge >= 0.3 is 0 Å². The predicted molar refractivity (Wildman–Crippen MR) is 83.3 cm³/mol. The number of hydrogen-bond acceptors (Lipinski definition) is 6. The van der Waals surface area contributed by atoms with Gasteiger partial charge in [-0.3, -0.25) is 9.69 Å². The Morgan fingerprint density at radius 2 is 2.26 bits per heavy atom. The molecule has 3 atom stereocenters. The zero-order valence-electron chi connectivity index (χ0n) is 14.0. The van der Waals surface area contributed by atoms with Crippen molar-refractivity contribution in [2.45, 2.75) is 25.5 Å². The van der Waals surface area contributed by atoms with Crippen LogP contribution in [-0.2, 0) is 9.47 Å². The summed E-state index contributed by atoms with van der Waals surface area (Å²) in [7, 11) is 3.47. The number of fused-ring (bicyclic) bond motifs is 1. The number of carbonyl (C=O) groups is 1. The molecule has 0 bridgehead atoms. The zero-order valence-corrected chi connectivity index (χ0v) is 14.0. The molecular formula is C16H25N3O4. The first kappa shape index (κ1) is 16.4. The van der Waals surface area contributed by atoms with Gasteiger partial charge in [-0.05, 0) is 13.3 Å². The first-order chi connectivity index (χ1) is 11.1. The second kappa shape index (κ2) is 6.98. The van der Waals surface area contributed by atoms with Crippen LogP contribution in [0.25, 0.3) is 0 Å². The third kappa shape index (κ3) is 3.27. The Kier molecular flexibility index (Phi) is 4.99. The first-order valence-corrected chi connectivity index (χ1v) is 8.12. The van der Waals surface area contributed by atoms with Crippen LogP contribution in [0.3, 0.4) is 0 Å². The number of aryl methyl sites for hydroxylation is 1. The van der Waals surface area contributed by atoms with E-state index in [1.807, 2.05) is 4.90 Å². The van der Waals surface area contributed by atoms with Crippen LogP contribution in [0.15, 0.2) is 10.6 Å². The van der Waals surface area contributed by atoms with Crippen molar-refractivity contribution in [3.63, 3.8) is 0 Å². The molecule has 0 N–H and O–H groups in total. The van der Waals surface area contributed by atoms with Gasteiger partial charge in [0.25, 0.3) is 5.91 Å². The monoisotopic (exact) mass is 323 g/mol. The normalized spacial score (nSPS) is 28.1. The molecule has 1 aromatic rings. The summed E-state index contributed by atoms with van der Waals surface area (Å²) >= 11 is 0. The molecule has 0 aliphatic carbocycles. The molecule has 2 aliphatic heterocycles. The van der Waals surface area contributed by atoms with Crippen LogP contribution < -0.4 is 0 Å². The minimum Gasteiger partial charge on any atom is -0.383 e. The molecule has 1 amide bonds. The van der Waals surface area contributed by atoms with Crippen LogP contribution in [0.1, 0.15) is 22.7 Å². The van der Waals surface area contributed by atoms with Crippen molar-refractivity contribution in [1.29, 1.82) is 0 Å². The molecule has 1 aromatic heterocycles. The first-order valence-electron chi connectivity index (χ1n) is 8.12. The molecule has 3 rings (SSSR count). The van der Waals surface area contributed by atoms with E-state index < -0.39 is 0 Å². The molecule has 0 radical (unpaired) electrons. The number of carbonyl (C=O) groups excluding carboxylic acids is 1. The van der Waals surface area contributed by atoms with E-state index in [0.29, 0.717) is 30.5 Å². The number of rotatable bonds is 5. The highest BCUT2D eigenvalue weighted by molar-refractivity contribution is 5.92. The van der Waals surface area contributed by atoms with Crippen LogP contribution in [-0.4, -0.2) is 80.0 Å². The fraction of sp³-hybridized carbons (Fsp3) is 0.750. The van der Waals surface area contributed by atoms with Crippen molar-refractivity contribution in [2.24, 2.45) is 5.92 Å². The molecule has 2 fully saturated rings. The lowest BCUT2D eigenvalue weighted by Gasteiger charge is -2.40. The second-order valence-electron chi connectivity index (χ2n) is 6.37. The van der Waals surface area contributed by atoms with Gasteiger partial charge in [0.1, 0.15) is 5.76 Å². The van der Waals surface area contributed by atoms with E-state index in [1.165, 1.54) is 0 Å². The Hall–Kier alpha value is -1.44. The molecule has 2 saturated heterocycles. The van der Waals surface area contributed by atoms with Gasteiger partial charge in [-0.2, -0.15) is 0 Å². The van der Waals surface area contributed by atoms with Gasteiger partial charge in [0.05, 0.1) is 18.8 Å². The number of nitrogens with zero attached hydrogens (tertiary/aromatic N) is 3. The number of methoxy groups -OCH3 is 2. The molecule has 23 heavy (non-hydrogen) atoms.